The number of hydrogen-bond acceptors (Lipinski definition) is 3. The fourth-order valence-corrected chi connectivity index (χ4v) is 2.38. The van der Waals surface area contributed by atoms with Crippen molar-refractivity contribution in [1.29, 1.82) is 0 Å². The fraction of sp³-hybridized carbons (Fsp3) is 0.333. The summed E-state index contributed by atoms with van der Waals surface area (Å²) in [5.41, 5.74) is 7.21. The zero-order valence-corrected chi connectivity index (χ0v) is 12.8. The highest BCUT2D eigenvalue weighted by Crippen LogP contribution is 2.28. The number of para-hydroxylation sites is 1. The Hall–Kier alpha value is -1.85. The molecule has 0 aliphatic rings. The summed E-state index contributed by atoms with van der Waals surface area (Å²) < 4.78 is 1.76. The normalized spacial score (nSPS) is 12.4. The zero-order valence-electron chi connectivity index (χ0n) is 12.1. The first kappa shape index (κ1) is 15.5. The van der Waals surface area contributed by atoms with Crippen molar-refractivity contribution < 1.29 is 4.79 Å². The third-order valence-electron chi connectivity index (χ3n) is 3.07. The second kappa shape index (κ2) is 6.74. The van der Waals surface area contributed by atoms with Crippen molar-refractivity contribution >= 4 is 23.2 Å². The third-order valence-corrected chi connectivity index (χ3v) is 3.37. The highest BCUT2D eigenvalue weighted by molar-refractivity contribution is 6.33. The van der Waals surface area contributed by atoms with Gasteiger partial charge in [0.05, 0.1) is 28.8 Å². The maximum atomic E-state index is 12.2. The number of hydrogen-bond donors (Lipinski definition) is 2. The molecular formula is C15H19ClN4O. The number of nitrogens with zero attached hydrogens (tertiary/aromatic N) is 2. The van der Waals surface area contributed by atoms with Crippen LogP contribution >= 0.6 is 11.6 Å². The molecule has 1 atom stereocenters. The van der Waals surface area contributed by atoms with Crippen LogP contribution in [-0.2, 0) is 4.79 Å². The van der Waals surface area contributed by atoms with Crippen molar-refractivity contribution in [2.45, 2.75) is 26.3 Å². The lowest BCUT2D eigenvalue weighted by Gasteiger charge is -2.17. The van der Waals surface area contributed by atoms with Gasteiger partial charge in [-0.25, -0.2) is 4.98 Å². The fourth-order valence-electron chi connectivity index (χ4n) is 2.11. The van der Waals surface area contributed by atoms with Gasteiger partial charge in [-0.05, 0) is 24.5 Å². The van der Waals surface area contributed by atoms with Crippen LogP contribution in [0.2, 0.25) is 5.02 Å². The Labute approximate surface area is 129 Å². The van der Waals surface area contributed by atoms with Crippen molar-refractivity contribution in [3.05, 3.63) is 41.9 Å². The van der Waals surface area contributed by atoms with Gasteiger partial charge in [0, 0.05) is 12.4 Å². The Morgan fingerprint density at radius 2 is 2.24 bits per heavy atom. The van der Waals surface area contributed by atoms with Crippen molar-refractivity contribution in [2.75, 3.05) is 5.32 Å². The Balaban J connectivity index is 2.25. The van der Waals surface area contributed by atoms with Gasteiger partial charge in [0.25, 0.3) is 0 Å². The van der Waals surface area contributed by atoms with Crippen LogP contribution in [0.5, 0.6) is 0 Å². The summed E-state index contributed by atoms with van der Waals surface area (Å²) in [7, 11) is 0. The van der Waals surface area contributed by atoms with Crippen LogP contribution in [0.4, 0.5) is 5.69 Å². The Kier molecular flexibility index (Phi) is 4.98. The molecule has 1 aromatic carbocycles. The molecule has 0 unspecified atom stereocenters. The van der Waals surface area contributed by atoms with E-state index in [-0.39, 0.29) is 5.91 Å². The number of carbonyl (C=O) groups excluding carboxylic acids is 1. The monoisotopic (exact) mass is 306 g/mol. The average Bonchev–Trinajstić information content (AvgIpc) is 2.91. The van der Waals surface area contributed by atoms with Crippen LogP contribution in [0.15, 0.2) is 36.9 Å². The van der Waals surface area contributed by atoms with E-state index >= 15 is 0 Å². The number of anilines is 1. The molecule has 5 nitrogen and oxygen atoms in total. The number of nitrogens with one attached hydrogen (secondary N) is 1. The lowest BCUT2D eigenvalue weighted by atomic mass is 10.0. The molecule has 2 aromatic rings. The van der Waals surface area contributed by atoms with Gasteiger partial charge in [-0.3, -0.25) is 4.79 Å². The Morgan fingerprint density at radius 3 is 2.86 bits per heavy atom. The lowest BCUT2D eigenvalue weighted by Crippen LogP contribution is -2.36. The second-order valence-corrected chi connectivity index (χ2v) is 5.74. The van der Waals surface area contributed by atoms with Gasteiger partial charge in [-0.2, -0.15) is 0 Å². The molecule has 0 bridgehead atoms. The molecule has 21 heavy (non-hydrogen) atoms. The molecular weight excluding hydrogens is 288 g/mol. The van der Waals surface area contributed by atoms with Gasteiger partial charge in [-0.1, -0.05) is 31.5 Å². The molecule has 0 aliphatic heterocycles. The molecule has 0 saturated carbocycles. The summed E-state index contributed by atoms with van der Waals surface area (Å²) >= 11 is 6.24. The SMILES string of the molecule is CC(C)C[C@@H](N)C(=O)Nc1cccc(Cl)c1-n1ccnc1. The maximum absolute atomic E-state index is 12.2. The first-order chi connectivity index (χ1) is 9.99. The molecule has 1 heterocycles. The van der Waals surface area contributed by atoms with Gasteiger partial charge in [0.1, 0.15) is 0 Å². The van der Waals surface area contributed by atoms with Gasteiger partial charge in [0.2, 0.25) is 5.91 Å². The van der Waals surface area contributed by atoms with E-state index < -0.39 is 6.04 Å². The molecule has 0 saturated heterocycles. The number of carbonyl (C=O) groups is 1. The van der Waals surface area contributed by atoms with Gasteiger partial charge in [-0.15, -0.1) is 0 Å². The molecule has 0 aliphatic carbocycles. The van der Waals surface area contributed by atoms with Crippen molar-refractivity contribution in [3.63, 3.8) is 0 Å². The van der Waals surface area contributed by atoms with Crippen LogP contribution in [0.1, 0.15) is 20.3 Å². The van der Waals surface area contributed by atoms with Crippen molar-refractivity contribution in [2.24, 2.45) is 11.7 Å². The number of imidazole rings is 1. The summed E-state index contributed by atoms with van der Waals surface area (Å²) in [5.74, 6) is 0.144. The number of benzene rings is 1. The number of nitrogens with two attached hydrogens (primary N) is 1. The van der Waals surface area contributed by atoms with E-state index in [2.05, 4.69) is 10.3 Å². The summed E-state index contributed by atoms with van der Waals surface area (Å²) in [5, 5.41) is 3.38. The predicted octanol–water partition coefficient (Wildman–Crippen LogP) is 2.84. The smallest absolute Gasteiger partial charge is 0.241 e. The third kappa shape index (κ3) is 3.83. The topological polar surface area (TPSA) is 72.9 Å². The second-order valence-electron chi connectivity index (χ2n) is 5.33. The van der Waals surface area contributed by atoms with Crippen LogP contribution in [0.3, 0.4) is 0 Å². The summed E-state index contributed by atoms with van der Waals surface area (Å²) in [6, 6.07) is 4.80. The molecule has 0 fully saturated rings. The quantitative estimate of drug-likeness (QED) is 0.892. The first-order valence-electron chi connectivity index (χ1n) is 6.82. The van der Waals surface area contributed by atoms with Crippen molar-refractivity contribution in [3.8, 4) is 5.69 Å². The van der Waals surface area contributed by atoms with E-state index in [9.17, 15) is 4.79 Å². The Morgan fingerprint density at radius 1 is 1.48 bits per heavy atom. The van der Waals surface area contributed by atoms with Gasteiger partial charge in [0.15, 0.2) is 0 Å². The number of rotatable bonds is 5. The van der Waals surface area contributed by atoms with Crippen LogP contribution in [0.25, 0.3) is 5.69 Å². The highest BCUT2D eigenvalue weighted by atomic mass is 35.5. The van der Waals surface area contributed by atoms with Crippen LogP contribution < -0.4 is 11.1 Å². The average molecular weight is 307 g/mol. The first-order valence-corrected chi connectivity index (χ1v) is 7.20. The van der Waals surface area contributed by atoms with E-state index in [1.54, 1.807) is 41.5 Å². The minimum Gasteiger partial charge on any atom is -0.323 e. The molecule has 112 valence electrons. The van der Waals surface area contributed by atoms with E-state index in [0.29, 0.717) is 28.7 Å². The van der Waals surface area contributed by atoms with E-state index in [1.807, 2.05) is 13.8 Å². The number of aromatic nitrogens is 2. The molecule has 2 rings (SSSR count). The number of amides is 1. The maximum Gasteiger partial charge on any atom is 0.241 e. The molecule has 3 N–H and O–H groups in total. The molecule has 6 heteroatoms. The Bertz CT molecular complexity index is 610. The van der Waals surface area contributed by atoms with E-state index in [4.69, 9.17) is 17.3 Å². The van der Waals surface area contributed by atoms with Crippen molar-refractivity contribution in [1.82, 2.24) is 9.55 Å². The zero-order chi connectivity index (χ0) is 15.4. The van der Waals surface area contributed by atoms with Gasteiger partial charge >= 0.3 is 0 Å². The summed E-state index contributed by atoms with van der Waals surface area (Å²) in [6.45, 7) is 4.06. The lowest BCUT2D eigenvalue weighted by molar-refractivity contribution is -0.117. The van der Waals surface area contributed by atoms with E-state index in [1.165, 1.54) is 0 Å². The molecule has 1 aromatic heterocycles. The minimum absolute atomic E-state index is 0.215. The summed E-state index contributed by atoms with van der Waals surface area (Å²) in [4.78, 5) is 16.2. The molecule has 0 radical (unpaired) electrons. The summed E-state index contributed by atoms with van der Waals surface area (Å²) in [6.07, 6.45) is 5.68. The van der Waals surface area contributed by atoms with Crippen LogP contribution in [-0.4, -0.2) is 21.5 Å². The van der Waals surface area contributed by atoms with Gasteiger partial charge < -0.3 is 15.6 Å². The minimum atomic E-state index is -0.542. The predicted molar refractivity (Wildman–Crippen MR) is 84.6 cm³/mol. The molecule has 1 amide bonds. The number of halogens is 1. The highest BCUT2D eigenvalue weighted by Gasteiger charge is 2.17. The largest absolute Gasteiger partial charge is 0.323 e. The van der Waals surface area contributed by atoms with Crippen LogP contribution in [0, 0.1) is 5.92 Å². The standard InChI is InChI=1S/C15H19ClN4O/c1-10(2)8-12(17)15(21)19-13-5-3-4-11(16)14(13)20-7-6-18-9-20/h3-7,9-10,12H,8,17H2,1-2H3,(H,19,21)/t12-/m1/s1. The molecule has 0 spiro atoms. The van der Waals surface area contributed by atoms with E-state index in [0.717, 1.165) is 0 Å².